The fraction of sp³-hybridized carbons (Fsp3) is 0.409. The van der Waals surface area contributed by atoms with Gasteiger partial charge in [0, 0.05) is 12.6 Å². The summed E-state index contributed by atoms with van der Waals surface area (Å²) in [4.78, 5) is 14.2. The van der Waals surface area contributed by atoms with Crippen LogP contribution in [0.2, 0.25) is 0 Å². The average Bonchev–Trinajstić information content (AvgIpc) is 2.68. The van der Waals surface area contributed by atoms with Crippen molar-refractivity contribution >= 4 is 17.3 Å². The van der Waals surface area contributed by atoms with Gasteiger partial charge in [-0.1, -0.05) is 13.0 Å². The molecule has 0 saturated carbocycles. The van der Waals surface area contributed by atoms with Crippen molar-refractivity contribution in [1.29, 1.82) is 0 Å². The summed E-state index contributed by atoms with van der Waals surface area (Å²) in [5.41, 5.74) is -1.05. The fourth-order valence-electron chi connectivity index (χ4n) is 3.31. The number of anilines is 2. The Bertz CT molecular complexity index is 945. The first kappa shape index (κ1) is 22.1. The van der Waals surface area contributed by atoms with E-state index in [0.717, 1.165) is 18.6 Å². The second-order valence-electron chi connectivity index (χ2n) is 7.97. The SMILES string of the molecule is CCC(C)NCC1(O)CN(C(=O)c2ccc(F)c(F)c2Nc2ccc(C)cc2F)C1. The van der Waals surface area contributed by atoms with Crippen LogP contribution in [0.15, 0.2) is 30.3 Å². The molecule has 1 fully saturated rings. The molecule has 0 aliphatic carbocycles. The van der Waals surface area contributed by atoms with E-state index < -0.39 is 34.6 Å². The lowest BCUT2D eigenvalue weighted by atomic mass is 9.92. The summed E-state index contributed by atoms with van der Waals surface area (Å²) < 4.78 is 42.6. The van der Waals surface area contributed by atoms with E-state index in [1.54, 1.807) is 13.0 Å². The lowest BCUT2D eigenvalue weighted by Crippen LogP contribution is -2.67. The Balaban J connectivity index is 1.79. The highest BCUT2D eigenvalue weighted by Gasteiger charge is 2.44. The van der Waals surface area contributed by atoms with E-state index in [1.165, 1.54) is 17.0 Å². The molecule has 0 aromatic heterocycles. The van der Waals surface area contributed by atoms with Crippen LogP contribution in [0.4, 0.5) is 24.5 Å². The van der Waals surface area contributed by atoms with Crippen LogP contribution in [0.5, 0.6) is 0 Å². The van der Waals surface area contributed by atoms with Gasteiger partial charge >= 0.3 is 0 Å². The number of hydrogen-bond acceptors (Lipinski definition) is 4. The molecule has 3 N–H and O–H groups in total. The van der Waals surface area contributed by atoms with Crippen LogP contribution in [0, 0.1) is 24.4 Å². The molecule has 1 aliphatic rings. The Morgan fingerprint density at radius 1 is 1.20 bits per heavy atom. The Labute approximate surface area is 173 Å². The molecule has 2 aromatic rings. The van der Waals surface area contributed by atoms with Gasteiger partial charge in [0.2, 0.25) is 0 Å². The number of hydrogen-bond donors (Lipinski definition) is 3. The first-order valence-corrected chi connectivity index (χ1v) is 9.90. The molecule has 1 amide bonds. The van der Waals surface area contributed by atoms with Gasteiger partial charge in [-0.2, -0.15) is 0 Å². The molecule has 30 heavy (non-hydrogen) atoms. The van der Waals surface area contributed by atoms with E-state index in [-0.39, 0.29) is 30.4 Å². The standard InChI is InChI=1S/C22H26F3N3O2/c1-4-14(3)26-10-22(30)11-28(12-22)21(29)15-6-7-16(23)19(25)20(15)27-18-8-5-13(2)9-17(18)24/h5-9,14,26-27,30H,4,10-12H2,1-3H3. The third kappa shape index (κ3) is 4.60. The number of nitrogens with zero attached hydrogens (tertiary/aromatic N) is 1. The molecule has 0 spiro atoms. The molecular formula is C22H26F3N3O2. The summed E-state index contributed by atoms with van der Waals surface area (Å²) in [6, 6.07) is 6.50. The van der Waals surface area contributed by atoms with Gasteiger partial charge in [-0.15, -0.1) is 0 Å². The van der Waals surface area contributed by atoms with Gasteiger partial charge in [0.25, 0.3) is 5.91 Å². The molecule has 162 valence electrons. The van der Waals surface area contributed by atoms with E-state index in [1.807, 2.05) is 13.8 Å². The van der Waals surface area contributed by atoms with Gasteiger partial charge in [0.1, 0.15) is 11.4 Å². The lowest BCUT2D eigenvalue weighted by molar-refractivity contribution is -0.0796. The van der Waals surface area contributed by atoms with Gasteiger partial charge < -0.3 is 20.6 Å². The highest BCUT2D eigenvalue weighted by molar-refractivity contribution is 6.01. The molecule has 1 heterocycles. The van der Waals surface area contributed by atoms with Crippen molar-refractivity contribution in [2.24, 2.45) is 0 Å². The maximum absolute atomic E-state index is 14.5. The van der Waals surface area contributed by atoms with Gasteiger partial charge in [0.05, 0.1) is 30.0 Å². The quantitative estimate of drug-likeness (QED) is 0.638. The summed E-state index contributed by atoms with van der Waals surface area (Å²) in [5.74, 6) is -3.64. The number of carbonyl (C=O) groups excluding carboxylic acids is 1. The monoisotopic (exact) mass is 421 g/mol. The fourth-order valence-corrected chi connectivity index (χ4v) is 3.31. The third-order valence-electron chi connectivity index (χ3n) is 5.36. The molecule has 5 nitrogen and oxygen atoms in total. The summed E-state index contributed by atoms with van der Waals surface area (Å²) in [6.45, 7) is 6.16. The number of halogens is 3. The lowest BCUT2D eigenvalue weighted by Gasteiger charge is -2.47. The van der Waals surface area contributed by atoms with Crippen LogP contribution in [0.3, 0.4) is 0 Å². The van der Waals surface area contributed by atoms with Crippen molar-refractivity contribution in [2.45, 2.75) is 38.8 Å². The molecule has 0 bridgehead atoms. The topological polar surface area (TPSA) is 64.6 Å². The van der Waals surface area contributed by atoms with Crippen molar-refractivity contribution in [2.75, 3.05) is 25.0 Å². The predicted octanol–water partition coefficient (Wildman–Crippen LogP) is 3.73. The van der Waals surface area contributed by atoms with Gasteiger partial charge in [0.15, 0.2) is 11.6 Å². The average molecular weight is 421 g/mol. The Kier molecular flexibility index (Phi) is 6.38. The van der Waals surface area contributed by atoms with E-state index >= 15 is 0 Å². The van der Waals surface area contributed by atoms with Crippen molar-refractivity contribution in [1.82, 2.24) is 10.2 Å². The molecule has 3 rings (SSSR count). The Morgan fingerprint density at radius 2 is 1.90 bits per heavy atom. The first-order chi connectivity index (χ1) is 14.1. The summed E-state index contributed by atoms with van der Waals surface area (Å²) in [7, 11) is 0. The largest absolute Gasteiger partial charge is 0.385 e. The van der Waals surface area contributed by atoms with Crippen LogP contribution in [0.1, 0.15) is 36.2 Å². The van der Waals surface area contributed by atoms with Crippen molar-refractivity contribution in [3.8, 4) is 0 Å². The molecule has 8 heteroatoms. The normalized spacial score (nSPS) is 16.2. The zero-order chi connectivity index (χ0) is 22.1. The second kappa shape index (κ2) is 8.65. The summed E-state index contributed by atoms with van der Waals surface area (Å²) >= 11 is 0. The number of carbonyl (C=O) groups is 1. The van der Waals surface area contributed by atoms with E-state index in [4.69, 9.17) is 0 Å². The van der Waals surface area contributed by atoms with E-state index in [0.29, 0.717) is 12.1 Å². The van der Waals surface area contributed by atoms with Gasteiger partial charge in [-0.3, -0.25) is 4.79 Å². The molecule has 1 unspecified atom stereocenters. The smallest absolute Gasteiger partial charge is 0.256 e. The van der Waals surface area contributed by atoms with Crippen LogP contribution in [-0.4, -0.2) is 47.2 Å². The van der Waals surface area contributed by atoms with E-state index in [2.05, 4.69) is 10.6 Å². The number of rotatable bonds is 7. The number of aliphatic hydroxyl groups is 1. The minimum atomic E-state index is -1.27. The molecule has 1 aliphatic heterocycles. The van der Waals surface area contributed by atoms with Crippen LogP contribution in [0.25, 0.3) is 0 Å². The second-order valence-corrected chi connectivity index (χ2v) is 7.97. The Hall–Kier alpha value is -2.58. The van der Waals surface area contributed by atoms with Crippen molar-refractivity contribution in [3.05, 3.63) is 58.9 Å². The van der Waals surface area contributed by atoms with Crippen molar-refractivity contribution < 1.29 is 23.1 Å². The molecule has 1 atom stereocenters. The zero-order valence-corrected chi connectivity index (χ0v) is 17.2. The molecule has 0 radical (unpaired) electrons. The van der Waals surface area contributed by atoms with Gasteiger partial charge in [-0.05, 0) is 50.1 Å². The Morgan fingerprint density at radius 3 is 2.53 bits per heavy atom. The number of β-amino-alcohol motifs (C(OH)–C–C–N with tert-alkyl or cyclic N) is 1. The molecular weight excluding hydrogens is 395 g/mol. The van der Waals surface area contributed by atoms with Gasteiger partial charge in [-0.25, -0.2) is 13.2 Å². The number of aryl methyl sites for hydroxylation is 1. The molecule has 1 saturated heterocycles. The third-order valence-corrected chi connectivity index (χ3v) is 5.36. The maximum atomic E-state index is 14.5. The summed E-state index contributed by atoms with van der Waals surface area (Å²) in [6.07, 6.45) is 0.901. The number of likely N-dealkylation sites (tertiary alicyclic amines) is 1. The maximum Gasteiger partial charge on any atom is 0.256 e. The van der Waals surface area contributed by atoms with Crippen molar-refractivity contribution in [3.63, 3.8) is 0 Å². The van der Waals surface area contributed by atoms with Crippen LogP contribution < -0.4 is 10.6 Å². The predicted molar refractivity (Wildman–Crippen MR) is 109 cm³/mol. The minimum absolute atomic E-state index is 0.0621. The van der Waals surface area contributed by atoms with Crippen LogP contribution >= 0.6 is 0 Å². The number of amides is 1. The van der Waals surface area contributed by atoms with E-state index in [9.17, 15) is 23.1 Å². The zero-order valence-electron chi connectivity index (χ0n) is 17.2. The van der Waals surface area contributed by atoms with Crippen LogP contribution in [-0.2, 0) is 0 Å². The highest BCUT2D eigenvalue weighted by Crippen LogP contribution is 2.31. The summed E-state index contributed by atoms with van der Waals surface area (Å²) in [5, 5.41) is 16.2. The highest BCUT2D eigenvalue weighted by atomic mass is 19.2. The minimum Gasteiger partial charge on any atom is -0.385 e. The first-order valence-electron chi connectivity index (χ1n) is 9.90. The molecule has 2 aromatic carbocycles. The number of nitrogens with one attached hydrogen (secondary N) is 2. The number of benzene rings is 2.